The second kappa shape index (κ2) is 15.3. The Balaban J connectivity index is 0.000000649. The van der Waals surface area contributed by atoms with Crippen LogP contribution in [0.4, 0.5) is 24.5 Å². The van der Waals surface area contributed by atoms with Gasteiger partial charge in [0, 0.05) is 66.5 Å². The summed E-state index contributed by atoms with van der Waals surface area (Å²) in [4.78, 5) is 54.8. The lowest BCUT2D eigenvalue weighted by Gasteiger charge is -2.40. The number of aryl methyl sites for hydroxylation is 1. The van der Waals surface area contributed by atoms with Crippen LogP contribution in [0.5, 0.6) is 0 Å². The molecule has 0 radical (unpaired) electrons. The molecule has 0 saturated carbocycles. The molecule has 1 saturated heterocycles. The molecule has 0 spiro atoms. The number of alkyl halides is 3. The number of carboxylic acid groups (broad SMARTS) is 1. The summed E-state index contributed by atoms with van der Waals surface area (Å²) in [6, 6.07) is 13.5. The fourth-order valence-electron chi connectivity index (χ4n) is 8.30. The third kappa shape index (κ3) is 7.61. The highest BCUT2D eigenvalue weighted by atomic mass is 19.4. The average Bonchev–Trinajstić information content (AvgIpc) is 3.75. The maximum atomic E-state index is 12.3. The normalized spacial score (nSPS) is 21.8. The van der Waals surface area contributed by atoms with Crippen molar-refractivity contribution in [3.63, 3.8) is 0 Å². The first-order valence-corrected chi connectivity index (χ1v) is 18.6. The first kappa shape index (κ1) is 38.6. The molecule has 286 valence electrons. The van der Waals surface area contributed by atoms with E-state index in [4.69, 9.17) is 14.7 Å². The van der Waals surface area contributed by atoms with Gasteiger partial charge in [-0.15, -0.1) is 5.06 Å². The highest BCUT2D eigenvalue weighted by Gasteiger charge is 2.42. The molecule has 7 rings (SSSR count). The zero-order valence-electron chi connectivity index (χ0n) is 30.9. The molecule has 1 N–H and O–H groups in total. The molecule has 2 amide bonds. The largest absolute Gasteiger partial charge is 0.490 e. The van der Waals surface area contributed by atoms with Crippen LogP contribution in [0.1, 0.15) is 94.4 Å². The summed E-state index contributed by atoms with van der Waals surface area (Å²) in [6.07, 6.45) is 15.6. The predicted octanol–water partition coefficient (Wildman–Crippen LogP) is 8.14. The molecule has 1 atom stereocenters. The monoisotopic (exact) mass is 745 g/mol. The molecule has 12 heteroatoms. The molecule has 5 aliphatic rings. The van der Waals surface area contributed by atoms with Crippen LogP contribution in [-0.4, -0.2) is 53.2 Å². The Morgan fingerprint density at radius 2 is 1.52 bits per heavy atom. The number of amides is 2. The topological polar surface area (TPSA) is 107 Å². The molecule has 0 bridgehead atoms. The van der Waals surface area contributed by atoms with E-state index in [0.29, 0.717) is 11.5 Å². The highest BCUT2D eigenvalue weighted by molar-refractivity contribution is 6.01. The predicted molar refractivity (Wildman–Crippen MR) is 198 cm³/mol. The number of hydroxylamine groups is 2. The molecule has 5 heterocycles. The van der Waals surface area contributed by atoms with E-state index in [1.54, 1.807) is 0 Å². The fraction of sp³-hybridized carbons (Fsp3) is 0.429. The molecular weight excluding hydrogens is 699 g/mol. The van der Waals surface area contributed by atoms with Gasteiger partial charge in [-0.3, -0.25) is 9.59 Å². The van der Waals surface area contributed by atoms with Gasteiger partial charge in [0.05, 0.1) is 0 Å². The summed E-state index contributed by atoms with van der Waals surface area (Å²) in [5.74, 6) is -4.16. The number of para-hydroxylation sites is 2. The zero-order valence-corrected chi connectivity index (χ0v) is 30.9. The SMILES string of the molecule is CC1(C)C(=CC=CC=CC2=CN3CCc4cccc(c43)C2(C)CCCCCC(=O)ON2C(=O)CCC2=O)N2CCCc3cccc1c32.O=C(O)C(F)(F)F. The van der Waals surface area contributed by atoms with Gasteiger partial charge in [-0.2, -0.15) is 13.2 Å². The molecule has 9 nitrogen and oxygen atoms in total. The van der Waals surface area contributed by atoms with E-state index >= 15 is 0 Å². The molecule has 1 fully saturated rings. The summed E-state index contributed by atoms with van der Waals surface area (Å²) >= 11 is 0. The van der Waals surface area contributed by atoms with Gasteiger partial charge in [0.15, 0.2) is 0 Å². The van der Waals surface area contributed by atoms with Crippen molar-refractivity contribution in [1.82, 2.24) is 5.06 Å². The van der Waals surface area contributed by atoms with E-state index in [1.807, 2.05) is 0 Å². The average molecular weight is 746 g/mol. The van der Waals surface area contributed by atoms with Crippen LogP contribution < -0.4 is 9.80 Å². The molecule has 54 heavy (non-hydrogen) atoms. The number of carbonyl (C=O) groups excluding carboxylic acids is 3. The van der Waals surface area contributed by atoms with Gasteiger partial charge in [0.25, 0.3) is 11.8 Å². The van der Waals surface area contributed by atoms with E-state index in [9.17, 15) is 27.6 Å². The summed E-state index contributed by atoms with van der Waals surface area (Å²) in [6.45, 7) is 9.11. The van der Waals surface area contributed by atoms with Gasteiger partial charge in [-0.25, -0.2) is 9.59 Å². The van der Waals surface area contributed by atoms with Crippen molar-refractivity contribution >= 4 is 35.1 Å². The van der Waals surface area contributed by atoms with E-state index in [0.717, 1.165) is 45.2 Å². The first-order chi connectivity index (χ1) is 25.6. The zero-order chi connectivity index (χ0) is 38.8. The summed E-state index contributed by atoms with van der Waals surface area (Å²) < 4.78 is 31.7. The molecule has 0 aliphatic carbocycles. The Bertz CT molecular complexity index is 1950. The number of rotatable bonds is 10. The quantitative estimate of drug-likeness (QED) is 0.148. The minimum atomic E-state index is -5.08. The number of allylic oxidation sites excluding steroid dienone is 7. The van der Waals surface area contributed by atoms with E-state index < -0.39 is 29.9 Å². The Morgan fingerprint density at radius 3 is 2.20 bits per heavy atom. The lowest BCUT2D eigenvalue weighted by molar-refractivity contribution is -0.197. The van der Waals surface area contributed by atoms with Crippen molar-refractivity contribution in [2.75, 3.05) is 22.9 Å². The van der Waals surface area contributed by atoms with Crippen LogP contribution >= 0.6 is 0 Å². The highest BCUT2D eigenvalue weighted by Crippen LogP contribution is 2.51. The number of halogens is 3. The Kier molecular flexibility index (Phi) is 10.9. The fourth-order valence-corrected chi connectivity index (χ4v) is 8.30. The van der Waals surface area contributed by atoms with Crippen LogP contribution in [0.3, 0.4) is 0 Å². The number of imide groups is 1. The van der Waals surface area contributed by atoms with E-state index in [1.165, 1.54) is 51.3 Å². The number of hydrogen-bond donors (Lipinski definition) is 1. The maximum absolute atomic E-state index is 12.3. The van der Waals surface area contributed by atoms with Crippen molar-refractivity contribution in [3.05, 3.63) is 107 Å². The van der Waals surface area contributed by atoms with Gasteiger partial charge in [-0.1, -0.05) is 94.3 Å². The van der Waals surface area contributed by atoms with Gasteiger partial charge in [0.1, 0.15) is 0 Å². The lowest BCUT2D eigenvalue weighted by atomic mass is 9.69. The van der Waals surface area contributed by atoms with Crippen LogP contribution in [0.25, 0.3) is 0 Å². The first-order valence-electron chi connectivity index (χ1n) is 18.6. The molecule has 1 unspecified atom stereocenters. The molecular formula is C42H46F3N3O6. The molecule has 0 aromatic heterocycles. The molecule has 5 aliphatic heterocycles. The van der Waals surface area contributed by atoms with Crippen LogP contribution in [0.2, 0.25) is 0 Å². The van der Waals surface area contributed by atoms with E-state index in [-0.39, 0.29) is 30.1 Å². The summed E-state index contributed by atoms with van der Waals surface area (Å²) in [5, 5.41) is 7.76. The van der Waals surface area contributed by atoms with Gasteiger partial charge >= 0.3 is 18.1 Å². The van der Waals surface area contributed by atoms with Crippen LogP contribution in [0, 0.1) is 0 Å². The number of aliphatic carboxylic acids is 1. The van der Waals surface area contributed by atoms with Crippen LogP contribution in [-0.2, 0) is 47.7 Å². The number of carbonyl (C=O) groups is 4. The second-order valence-corrected chi connectivity index (χ2v) is 15.1. The Hall–Kier alpha value is -5.13. The van der Waals surface area contributed by atoms with E-state index in [2.05, 4.69) is 104 Å². The van der Waals surface area contributed by atoms with Gasteiger partial charge in [-0.05, 0) is 66.0 Å². The second-order valence-electron chi connectivity index (χ2n) is 15.1. The molecule has 2 aromatic rings. The van der Waals surface area contributed by atoms with Gasteiger partial charge in [0.2, 0.25) is 0 Å². The van der Waals surface area contributed by atoms with Gasteiger partial charge < -0.3 is 19.7 Å². The van der Waals surface area contributed by atoms with Crippen molar-refractivity contribution < 1.29 is 42.3 Å². The third-order valence-corrected chi connectivity index (χ3v) is 11.1. The smallest absolute Gasteiger partial charge is 0.475 e. The molecule has 2 aromatic carbocycles. The summed E-state index contributed by atoms with van der Waals surface area (Å²) in [7, 11) is 0. The van der Waals surface area contributed by atoms with Crippen LogP contribution in [0.15, 0.2) is 84.2 Å². The number of benzene rings is 2. The van der Waals surface area contributed by atoms with Crippen molar-refractivity contribution in [1.29, 1.82) is 0 Å². The van der Waals surface area contributed by atoms with Crippen molar-refractivity contribution in [2.45, 2.75) is 102 Å². The number of hydrogen-bond acceptors (Lipinski definition) is 7. The third-order valence-electron chi connectivity index (χ3n) is 11.1. The van der Waals surface area contributed by atoms with Crippen molar-refractivity contribution in [3.8, 4) is 0 Å². The number of anilines is 2. The number of nitrogens with zero attached hydrogens (tertiary/aromatic N) is 3. The summed E-state index contributed by atoms with van der Waals surface area (Å²) in [5.41, 5.74) is 11.0. The Morgan fingerprint density at radius 1 is 0.852 bits per heavy atom. The Labute approximate surface area is 313 Å². The maximum Gasteiger partial charge on any atom is 0.490 e. The lowest BCUT2D eigenvalue weighted by Crippen LogP contribution is -2.33. The number of carboxylic acids is 1. The standard InChI is InChI=1S/C40H45N3O4.C2HF3O2/c1-39(2)31-17-10-13-28-15-12-25-42(38(28)31)33(39)19-7-4-6-16-30-27-41-26-23-29-14-11-18-32(37(29)41)40(30,3)24-9-5-8-20-36(46)47-43-34(44)21-22-35(43)45;3-2(4,5)1(6)7/h4,6-7,10-11,13-14,16-19,27H,5,8-9,12,15,20-26H2,1-3H3;(H,6,7). The van der Waals surface area contributed by atoms with Crippen molar-refractivity contribution in [2.24, 2.45) is 0 Å². The number of unbranched alkanes of at least 4 members (excludes halogenated alkanes) is 2. The minimum Gasteiger partial charge on any atom is -0.475 e. The minimum absolute atomic E-state index is 0.0227.